The van der Waals surface area contributed by atoms with Crippen molar-refractivity contribution >= 4 is 29.0 Å². The van der Waals surface area contributed by atoms with Gasteiger partial charge in [-0.15, -0.1) is 0 Å². The van der Waals surface area contributed by atoms with E-state index < -0.39 is 6.10 Å². The number of hydrogen-bond donors (Lipinski definition) is 2. The number of aryl methyl sites for hydroxylation is 1. The summed E-state index contributed by atoms with van der Waals surface area (Å²) in [7, 11) is 3.61. The molecule has 1 aliphatic rings. The van der Waals surface area contributed by atoms with Crippen LogP contribution < -0.4 is 19.7 Å². The molecule has 216 valence electrons. The number of likely N-dealkylation sites (N-methyl/N-ethyl adjacent to an activating group) is 1. The minimum atomic E-state index is -0.659. The first-order valence-electron chi connectivity index (χ1n) is 13.3. The summed E-state index contributed by atoms with van der Waals surface area (Å²) >= 11 is 13.1. The maximum atomic E-state index is 10.1. The number of ether oxygens (including phenoxy) is 2. The van der Waals surface area contributed by atoms with Gasteiger partial charge in [-0.1, -0.05) is 23.2 Å². The lowest BCUT2D eigenvalue weighted by molar-refractivity contribution is 0.108. The molecule has 0 fully saturated rings. The molecule has 3 aromatic heterocycles. The molecule has 11 nitrogen and oxygen atoms in total. The van der Waals surface area contributed by atoms with E-state index in [0.717, 1.165) is 33.9 Å². The first kappa shape index (κ1) is 29.0. The topological polar surface area (TPSA) is 123 Å². The Balaban J connectivity index is 1.60. The van der Waals surface area contributed by atoms with Crippen LogP contribution in [-0.2, 0) is 20.1 Å². The van der Waals surface area contributed by atoms with E-state index in [0.29, 0.717) is 65.3 Å². The Morgan fingerprint density at radius 1 is 1.10 bits per heavy atom. The van der Waals surface area contributed by atoms with Gasteiger partial charge in [-0.3, -0.25) is 4.68 Å². The Labute approximate surface area is 248 Å². The Bertz CT molecular complexity index is 1580. The fourth-order valence-corrected chi connectivity index (χ4v) is 5.23. The molecule has 2 N–H and O–H groups in total. The third-order valence-electron chi connectivity index (χ3n) is 6.84. The molecule has 1 aromatic carbocycles. The smallest absolute Gasteiger partial charge is 0.316 e. The van der Waals surface area contributed by atoms with E-state index >= 15 is 0 Å². The second-order valence-corrected chi connectivity index (χ2v) is 10.6. The standard InChI is InChI=1S/C28H32Cl2N8O3/c1-6-40-28-32-10-17-12-38(13-22(17)33-28)27-15(2)23(24-16(3)25(30)36-37(24)5)34-26(35-27)20-9-19(7-8-21(20)29)41-14-18(39)11-31-4/h7-10,18,31,39H,6,11-14H2,1-5H3/t18-/m1/s1. The highest BCUT2D eigenvalue weighted by molar-refractivity contribution is 6.33. The van der Waals surface area contributed by atoms with Gasteiger partial charge in [-0.05, 0) is 46.0 Å². The van der Waals surface area contributed by atoms with E-state index in [-0.39, 0.29) is 6.61 Å². The van der Waals surface area contributed by atoms with Gasteiger partial charge in [0.1, 0.15) is 24.3 Å². The van der Waals surface area contributed by atoms with Crippen molar-refractivity contribution in [3.63, 3.8) is 0 Å². The summed E-state index contributed by atoms with van der Waals surface area (Å²) in [5.41, 5.74) is 5.63. The number of nitrogens with zero attached hydrogens (tertiary/aromatic N) is 7. The third kappa shape index (κ3) is 5.94. The lowest BCUT2D eigenvalue weighted by Crippen LogP contribution is -2.29. The van der Waals surface area contributed by atoms with Crippen molar-refractivity contribution in [2.24, 2.45) is 7.05 Å². The number of rotatable bonds is 10. The summed E-state index contributed by atoms with van der Waals surface area (Å²) in [6.45, 7) is 7.93. The zero-order valence-corrected chi connectivity index (χ0v) is 25.1. The van der Waals surface area contributed by atoms with Gasteiger partial charge in [0.25, 0.3) is 0 Å². The number of benzene rings is 1. The van der Waals surface area contributed by atoms with Crippen LogP contribution in [0.4, 0.5) is 5.82 Å². The molecule has 0 saturated carbocycles. The van der Waals surface area contributed by atoms with Crippen molar-refractivity contribution in [2.45, 2.75) is 40.0 Å². The minimum Gasteiger partial charge on any atom is -0.491 e. The molecule has 4 heterocycles. The SMILES string of the molecule is CCOc1ncc2c(n1)CN(c1nc(-c3cc(OC[C@H](O)CNC)ccc3Cl)nc(-c3c(C)c(Cl)nn3C)c1C)C2. The Kier molecular flexibility index (Phi) is 8.60. The molecule has 41 heavy (non-hydrogen) atoms. The van der Waals surface area contributed by atoms with Crippen LogP contribution in [-0.4, -0.2) is 67.7 Å². The largest absolute Gasteiger partial charge is 0.491 e. The molecule has 13 heteroatoms. The summed E-state index contributed by atoms with van der Waals surface area (Å²) in [6.07, 6.45) is 1.14. The van der Waals surface area contributed by atoms with Crippen LogP contribution in [0.1, 0.15) is 29.3 Å². The van der Waals surface area contributed by atoms with Gasteiger partial charge in [0, 0.05) is 48.6 Å². The quantitative estimate of drug-likeness (QED) is 0.275. The third-order valence-corrected chi connectivity index (χ3v) is 7.53. The van der Waals surface area contributed by atoms with Crippen LogP contribution in [0, 0.1) is 13.8 Å². The summed E-state index contributed by atoms with van der Waals surface area (Å²) in [4.78, 5) is 21.1. The Morgan fingerprint density at radius 2 is 1.90 bits per heavy atom. The molecule has 1 aliphatic heterocycles. The number of halogens is 2. The molecule has 0 radical (unpaired) electrons. The highest BCUT2D eigenvalue weighted by Crippen LogP contribution is 2.38. The molecule has 0 saturated heterocycles. The fourth-order valence-electron chi connectivity index (χ4n) is 4.83. The normalized spacial score (nSPS) is 13.4. The van der Waals surface area contributed by atoms with Crippen molar-refractivity contribution in [2.75, 3.05) is 31.7 Å². The molecule has 0 amide bonds. The molecule has 4 aromatic rings. The van der Waals surface area contributed by atoms with Gasteiger partial charge in [0.05, 0.1) is 35.3 Å². The highest BCUT2D eigenvalue weighted by atomic mass is 35.5. The molecule has 0 unspecified atom stereocenters. The maximum absolute atomic E-state index is 10.1. The first-order valence-corrected chi connectivity index (χ1v) is 14.0. The lowest BCUT2D eigenvalue weighted by atomic mass is 10.1. The zero-order chi connectivity index (χ0) is 29.3. The Morgan fingerprint density at radius 3 is 2.61 bits per heavy atom. The predicted molar refractivity (Wildman–Crippen MR) is 158 cm³/mol. The summed E-state index contributed by atoms with van der Waals surface area (Å²) in [5.74, 6) is 1.68. The van der Waals surface area contributed by atoms with E-state index in [4.69, 9.17) is 42.6 Å². The van der Waals surface area contributed by atoms with E-state index in [1.54, 1.807) is 36.1 Å². The van der Waals surface area contributed by atoms with Crippen LogP contribution in [0.2, 0.25) is 10.2 Å². The van der Waals surface area contributed by atoms with Crippen molar-refractivity contribution in [3.05, 3.63) is 57.0 Å². The van der Waals surface area contributed by atoms with Gasteiger partial charge in [-0.2, -0.15) is 10.1 Å². The van der Waals surface area contributed by atoms with Crippen LogP contribution in [0.5, 0.6) is 11.8 Å². The molecular formula is C28H32Cl2N8O3. The average Bonchev–Trinajstić information content (AvgIpc) is 3.47. The van der Waals surface area contributed by atoms with Crippen LogP contribution >= 0.6 is 23.2 Å². The fraction of sp³-hybridized carbons (Fsp3) is 0.393. The monoisotopic (exact) mass is 598 g/mol. The van der Waals surface area contributed by atoms with Crippen LogP contribution in [0.15, 0.2) is 24.4 Å². The van der Waals surface area contributed by atoms with Crippen molar-refractivity contribution < 1.29 is 14.6 Å². The molecular weight excluding hydrogens is 567 g/mol. The zero-order valence-electron chi connectivity index (χ0n) is 23.6. The maximum Gasteiger partial charge on any atom is 0.316 e. The number of hydrogen-bond acceptors (Lipinski definition) is 10. The van der Waals surface area contributed by atoms with E-state index in [1.807, 2.05) is 27.8 Å². The van der Waals surface area contributed by atoms with Gasteiger partial charge in [0.2, 0.25) is 0 Å². The molecule has 1 atom stereocenters. The first-order chi connectivity index (χ1) is 19.7. The number of anilines is 1. The van der Waals surface area contributed by atoms with Crippen molar-refractivity contribution in [1.29, 1.82) is 0 Å². The van der Waals surface area contributed by atoms with Crippen molar-refractivity contribution in [3.8, 4) is 34.5 Å². The van der Waals surface area contributed by atoms with E-state index in [2.05, 4.69) is 25.3 Å². The van der Waals surface area contributed by atoms with E-state index in [9.17, 15) is 5.11 Å². The number of nitrogens with one attached hydrogen (secondary N) is 1. The van der Waals surface area contributed by atoms with Gasteiger partial charge in [0.15, 0.2) is 11.0 Å². The van der Waals surface area contributed by atoms with Gasteiger partial charge < -0.3 is 24.8 Å². The number of aromatic nitrogens is 6. The van der Waals surface area contributed by atoms with E-state index in [1.165, 1.54) is 0 Å². The molecule has 0 spiro atoms. The van der Waals surface area contributed by atoms with Gasteiger partial charge in [-0.25, -0.2) is 15.0 Å². The predicted octanol–water partition coefficient (Wildman–Crippen LogP) is 4.14. The highest BCUT2D eigenvalue weighted by Gasteiger charge is 2.28. The summed E-state index contributed by atoms with van der Waals surface area (Å²) in [6, 6.07) is 5.64. The van der Waals surface area contributed by atoms with Crippen LogP contribution in [0.3, 0.4) is 0 Å². The molecule has 5 rings (SSSR count). The number of fused-ring (bicyclic) bond motifs is 1. The second kappa shape index (κ2) is 12.2. The average molecular weight is 600 g/mol. The summed E-state index contributed by atoms with van der Waals surface area (Å²) in [5, 5.41) is 18.3. The minimum absolute atomic E-state index is 0.122. The van der Waals surface area contributed by atoms with Gasteiger partial charge >= 0.3 is 6.01 Å². The second-order valence-electron chi connectivity index (χ2n) is 9.81. The number of aliphatic hydroxyl groups excluding tert-OH is 1. The number of aliphatic hydroxyl groups is 1. The van der Waals surface area contributed by atoms with Crippen molar-refractivity contribution in [1.82, 2.24) is 35.0 Å². The molecule has 0 bridgehead atoms. The Hall–Kier alpha value is -3.51. The lowest BCUT2D eigenvalue weighted by Gasteiger charge is -2.22. The van der Waals surface area contributed by atoms with Crippen LogP contribution in [0.25, 0.3) is 22.8 Å². The molecule has 0 aliphatic carbocycles. The summed E-state index contributed by atoms with van der Waals surface area (Å²) < 4.78 is 13.1.